The lowest BCUT2D eigenvalue weighted by atomic mass is 10.1. The van der Waals surface area contributed by atoms with Crippen LogP contribution in [0.1, 0.15) is 13.3 Å². The van der Waals surface area contributed by atoms with Gasteiger partial charge in [-0.2, -0.15) is 0 Å². The first kappa shape index (κ1) is 12.0. The quantitative estimate of drug-likeness (QED) is 0.629. The van der Waals surface area contributed by atoms with Crippen molar-refractivity contribution in [3.05, 3.63) is 23.8 Å². The van der Waals surface area contributed by atoms with Crippen LogP contribution in [-0.2, 0) is 9.53 Å². The van der Waals surface area contributed by atoms with Crippen LogP contribution >= 0.6 is 15.9 Å². The largest absolute Gasteiger partial charge is 0.431 e. The van der Waals surface area contributed by atoms with Gasteiger partial charge in [0.05, 0.1) is 0 Å². The molecule has 0 saturated carbocycles. The van der Waals surface area contributed by atoms with Crippen molar-refractivity contribution in [2.75, 3.05) is 5.33 Å². The van der Waals surface area contributed by atoms with Crippen LogP contribution in [0.5, 0.6) is 0 Å². The van der Waals surface area contributed by atoms with Crippen molar-refractivity contribution >= 4 is 27.9 Å². The first-order chi connectivity index (χ1) is 7.19. The summed E-state index contributed by atoms with van der Waals surface area (Å²) >= 11 is 3.24. The van der Waals surface area contributed by atoms with Crippen molar-refractivity contribution < 1.29 is 14.3 Å². The molecule has 5 heteroatoms. The van der Waals surface area contributed by atoms with E-state index in [1.807, 2.05) is 19.1 Å². The predicted molar refractivity (Wildman–Crippen MR) is 59.7 cm³/mol. The molecule has 1 aliphatic heterocycles. The Hall–Kier alpha value is -1.10. The monoisotopic (exact) mass is 273 g/mol. The number of ether oxygens (including phenoxy) is 1. The standard InChI is InChI=1S/C10H12BrNO3/c1-2-4-7(5-3-6-11)8-9(13)12-10(14)15-8/h3-5,8H,2,6H2,1H3,(H,12,13,14)/b5-3-,7-4+. The number of imide groups is 1. The van der Waals surface area contributed by atoms with E-state index in [9.17, 15) is 9.59 Å². The van der Waals surface area contributed by atoms with Crippen molar-refractivity contribution in [2.45, 2.75) is 19.4 Å². The van der Waals surface area contributed by atoms with Crippen LogP contribution in [0.4, 0.5) is 4.79 Å². The van der Waals surface area contributed by atoms with E-state index < -0.39 is 18.1 Å². The van der Waals surface area contributed by atoms with Crippen molar-refractivity contribution in [1.82, 2.24) is 5.32 Å². The molecule has 0 aliphatic carbocycles. The van der Waals surface area contributed by atoms with E-state index in [1.54, 1.807) is 6.08 Å². The van der Waals surface area contributed by atoms with Crippen LogP contribution in [0.3, 0.4) is 0 Å². The Labute approximate surface area is 96.5 Å². The lowest BCUT2D eigenvalue weighted by Crippen LogP contribution is -2.25. The summed E-state index contributed by atoms with van der Waals surface area (Å²) in [6.45, 7) is 1.96. The number of rotatable bonds is 4. The number of allylic oxidation sites excluding steroid dienone is 2. The summed E-state index contributed by atoms with van der Waals surface area (Å²) in [4.78, 5) is 22.2. The summed E-state index contributed by atoms with van der Waals surface area (Å²) in [5, 5.41) is 2.79. The van der Waals surface area contributed by atoms with E-state index in [4.69, 9.17) is 4.74 Å². The normalized spacial score (nSPS) is 22.0. The van der Waals surface area contributed by atoms with Crippen LogP contribution in [0.25, 0.3) is 0 Å². The molecule has 0 aromatic heterocycles. The second kappa shape index (κ2) is 5.70. The fraction of sp³-hybridized carbons (Fsp3) is 0.400. The first-order valence-corrected chi connectivity index (χ1v) is 5.75. The van der Waals surface area contributed by atoms with E-state index in [-0.39, 0.29) is 0 Å². The topological polar surface area (TPSA) is 55.4 Å². The number of halogens is 1. The van der Waals surface area contributed by atoms with Gasteiger partial charge in [-0.1, -0.05) is 41.1 Å². The molecule has 0 bridgehead atoms. The Bertz CT molecular complexity index is 323. The summed E-state index contributed by atoms with van der Waals surface area (Å²) in [6.07, 6.45) is 4.79. The molecule has 1 atom stereocenters. The van der Waals surface area contributed by atoms with Gasteiger partial charge in [-0.15, -0.1) is 0 Å². The molecule has 1 unspecified atom stereocenters. The van der Waals surface area contributed by atoms with Gasteiger partial charge in [0, 0.05) is 5.33 Å². The lowest BCUT2D eigenvalue weighted by Gasteiger charge is -2.06. The molecule has 0 aromatic rings. The van der Waals surface area contributed by atoms with Gasteiger partial charge >= 0.3 is 6.09 Å². The average Bonchev–Trinajstić information content (AvgIpc) is 2.52. The van der Waals surface area contributed by atoms with Crippen molar-refractivity contribution in [3.8, 4) is 0 Å². The molecular formula is C10H12BrNO3. The molecule has 1 rings (SSSR count). The number of amides is 2. The predicted octanol–water partition coefficient (Wildman–Crippen LogP) is 1.91. The molecule has 0 radical (unpaired) electrons. The number of alkyl carbamates (subject to hydrolysis) is 1. The van der Waals surface area contributed by atoms with E-state index >= 15 is 0 Å². The van der Waals surface area contributed by atoms with Gasteiger partial charge in [0.2, 0.25) is 6.10 Å². The fourth-order valence-electron chi connectivity index (χ4n) is 1.25. The van der Waals surface area contributed by atoms with Gasteiger partial charge in [0.15, 0.2) is 0 Å². The van der Waals surface area contributed by atoms with Gasteiger partial charge in [0.1, 0.15) is 0 Å². The maximum Gasteiger partial charge on any atom is 0.415 e. The van der Waals surface area contributed by atoms with Gasteiger partial charge in [-0.05, 0) is 12.0 Å². The third-order valence-electron chi connectivity index (χ3n) is 1.83. The first-order valence-electron chi connectivity index (χ1n) is 4.63. The zero-order chi connectivity index (χ0) is 11.3. The summed E-state index contributed by atoms with van der Waals surface area (Å²) in [5.74, 6) is -0.404. The van der Waals surface area contributed by atoms with Crippen LogP contribution in [0.15, 0.2) is 23.8 Å². The zero-order valence-electron chi connectivity index (χ0n) is 8.33. The Morgan fingerprint density at radius 2 is 2.33 bits per heavy atom. The minimum Gasteiger partial charge on any atom is -0.431 e. The Morgan fingerprint density at radius 3 is 2.80 bits per heavy atom. The van der Waals surface area contributed by atoms with E-state index in [0.717, 1.165) is 6.42 Å². The summed E-state index contributed by atoms with van der Waals surface area (Å²) in [5.41, 5.74) is 0.709. The fourth-order valence-corrected chi connectivity index (χ4v) is 1.44. The number of nitrogens with one attached hydrogen (secondary N) is 1. The summed E-state index contributed by atoms with van der Waals surface area (Å²) in [6, 6.07) is 0. The number of alkyl halides is 1. The molecule has 4 nitrogen and oxygen atoms in total. The third kappa shape index (κ3) is 3.20. The van der Waals surface area contributed by atoms with Crippen molar-refractivity contribution in [1.29, 1.82) is 0 Å². The molecule has 1 N–H and O–H groups in total. The Morgan fingerprint density at radius 1 is 1.60 bits per heavy atom. The highest BCUT2D eigenvalue weighted by atomic mass is 79.9. The highest BCUT2D eigenvalue weighted by molar-refractivity contribution is 9.09. The van der Waals surface area contributed by atoms with Crippen molar-refractivity contribution in [2.24, 2.45) is 0 Å². The average molecular weight is 274 g/mol. The molecule has 2 amide bonds. The smallest absolute Gasteiger partial charge is 0.415 e. The Kier molecular flexibility index (Phi) is 4.55. The second-order valence-corrected chi connectivity index (χ2v) is 3.59. The van der Waals surface area contributed by atoms with Crippen molar-refractivity contribution in [3.63, 3.8) is 0 Å². The number of hydrogen-bond acceptors (Lipinski definition) is 3. The SMILES string of the molecule is CC/C=C(\C=C/CBr)C1OC(=O)NC1=O. The maximum atomic E-state index is 11.3. The van der Waals surface area contributed by atoms with E-state index in [2.05, 4.69) is 21.2 Å². The molecule has 0 spiro atoms. The zero-order valence-corrected chi connectivity index (χ0v) is 9.91. The molecule has 1 heterocycles. The third-order valence-corrected chi connectivity index (χ3v) is 2.20. The van der Waals surface area contributed by atoms with Gasteiger partial charge in [-0.25, -0.2) is 4.79 Å². The molecule has 1 fully saturated rings. The van der Waals surface area contributed by atoms with Crippen LogP contribution in [-0.4, -0.2) is 23.4 Å². The highest BCUT2D eigenvalue weighted by Gasteiger charge is 2.33. The minimum absolute atomic E-state index is 0.404. The van der Waals surface area contributed by atoms with Gasteiger partial charge in [0.25, 0.3) is 5.91 Å². The number of hydrogen-bond donors (Lipinski definition) is 1. The molecule has 15 heavy (non-hydrogen) atoms. The molecular weight excluding hydrogens is 262 g/mol. The molecule has 1 aliphatic rings. The van der Waals surface area contributed by atoms with Gasteiger partial charge in [-0.3, -0.25) is 10.1 Å². The highest BCUT2D eigenvalue weighted by Crippen LogP contribution is 2.15. The van der Waals surface area contributed by atoms with Crippen LogP contribution < -0.4 is 5.32 Å². The van der Waals surface area contributed by atoms with Crippen LogP contribution in [0, 0.1) is 0 Å². The minimum atomic E-state index is -0.798. The number of carbonyl (C=O) groups excluding carboxylic acids is 2. The second-order valence-electron chi connectivity index (χ2n) is 2.94. The lowest BCUT2D eigenvalue weighted by molar-refractivity contribution is -0.122. The summed E-state index contributed by atoms with van der Waals surface area (Å²) < 4.78 is 4.85. The molecule has 0 aromatic carbocycles. The molecule has 82 valence electrons. The maximum absolute atomic E-state index is 11.3. The van der Waals surface area contributed by atoms with Gasteiger partial charge < -0.3 is 4.74 Å². The van der Waals surface area contributed by atoms with E-state index in [0.29, 0.717) is 10.9 Å². The van der Waals surface area contributed by atoms with Crippen LogP contribution in [0.2, 0.25) is 0 Å². The van der Waals surface area contributed by atoms with E-state index in [1.165, 1.54) is 0 Å². The molecule has 1 saturated heterocycles. The number of cyclic esters (lactones) is 1. The Balaban J connectivity index is 2.81. The summed E-state index contributed by atoms with van der Waals surface area (Å²) in [7, 11) is 0. The number of carbonyl (C=O) groups is 2.